The Morgan fingerprint density at radius 3 is 2.86 bits per heavy atom. The number of carbonyl (C=O) groups is 1. The van der Waals surface area contributed by atoms with E-state index < -0.39 is 5.97 Å². The second-order valence-corrected chi connectivity index (χ2v) is 2.58. The highest BCUT2D eigenvalue weighted by Gasteiger charge is 1.94. The third kappa shape index (κ3) is 2.52. The third-order valence-corrected chi connectivity index (χ3v) is 1.61. The zero-order valence-electron chi connectivity index (χ0n) is 7.56. The van der Waals surface area contributed by atoms with Crippen molar-refractivity contribution in [1.82, 2.24) is 0 Å². The molecule has 0 aliphatic heterocycles. The average molecular weight is 193 g/mol. The summed E-state index contributed by atoms with van der Waals surface area (Å²) in [5, 5.41) is 19.5. The summed E-state index contributed by atoms with van der Waals surface area (Å²) in [6.07, 6.45) is 2.39. The molecule has 14 heavy (non-hydrogen) atoms. The van der Waals surface area contributed by atoms with Crippen molar-refractivity contribution in [2.45, 2.75) is 0 Å². The van der Waals surface area contributed by atoms with Crippen LogP contribution < -0.4 is 9.84 Å². The summed E-state index contributed by atoms with van der Waals surface area (Å²) in [5.41, 5.74) is 0.615. The molecule has 4 heteroatoms. The summed E-state index contributed by atoms with van der Waals surface area (Å²) >= 11 is 0. The Balaban J connectivity index is 2.95. The maximum absolute atomic E-state index is 11.1. The third-order valence-electron chi connectivity index (χ3n) is 1.61. The first kappa shape index (κ1) is 10.1. The number of ether oxygens (including phenoxy) is 1. The van der Waals surface area contributed by atoms with Crippen molar-refractivity contribution >= 4 is 12.0 Å². The van der Waals surface area contributed by atoms with Crippen LogP contribution in [0.1, 0.15) is 5.56 Å². The number of hydrogen-bond donors (Lipinski definition) is 1. The summed E-state index contributed by atoms with van der Waals surface area (Å²) in [6.45, 7) is 0. The molecule has 74 valence electrons. The molecule has 0 unspecified atom stereocenters. The van der Waals surface area contributed by atoms with E-state index >= 15 is 0 Å². The molecule has 0 bridgehead atoms. The normalized spacial score (nSPS) is 10.4. The second kappa shape index (κ2) is 4.32. The largest absolute Gasteiger partial charge is 0.870 e. The molecular formula is C10H9O4-. The van der Waals surface area contributed by atoms with Gasteiger partial charge in [-0.3, -0.25) is 0 Å². The zero-order chi connectivity index (χ0) is 10.6. The Morgan fingerprint density at radius 1 is 1.57 bits per heavy atom. The van der Waals surface area contributed by atoms with Gasteiger partial charge >= 0.3 is 5.97 Å². The zero-order valence-corrected chi connectivity index (χ0v) is 7.56. The van der Waals surface area contributed by atoms with E-state index in [4.69, 9.17) is 9.84 Å². The number of methoxy groups -OCH3 is 1. The maximum atomic E-state index is 11.1. The minimum absolute atomic E-state index is 0.206. The molecule has 0 aromatic heterocycles. The fraction of sp³-hybridized carbons (Fsp3) is 0.100. The van der Waals surface area contributed by atoms with Crippen LogP contribution in [0, 0.1) is 0 Å². The fourth-order valence-electron chi connectivity index (χ4n) is 0.955. The Morgan fingerprint density at radius 2 is 2.29 bits per heavy atom. The van der Waals surface area contributed by atoms with Gasteiger partial charge in [-0.25, -0.2) is 4.79 Å². The number of rotatable bonds is 3. The predicted octanol–water partition coefficient (Wildman–Crippen LogP) is 0.867. The van der Waals surface area contributed by atoms with Crippen molar-refractivity contribution in [3.63, 3.8) is 0 Å². The van der Waals surface area contributed by atoms with Gasteiger partial charge in [-0.2, -0.15) is 0 Å². The van der Waals surface area contributed by atoms with Gasteiger partial charge in [0, 0.05) is 6.08 Å². The van der Waals surface area contributed by atoms with Gasteiger partial charge < -0.3 is 14.9 Å². The smallest absolute Gasteiger partial charge is 0.328 e. The molecule has 0 aliphatic carbocycles. The van der Waals surface area contributed by atoms with Gasteiger partial charge in [-0.1, -0.05) is 17.9 Å². The molecule has 0 amide bonds. The molecule has 0 heterocycles. The van der Waals surface area contributed by atoms with E-state index in [9.17, 15) is 9.90 Å². The molecule has 1 aromatic carbocycles. The van der Waals surface area contributed by atoms with Crippen LogP contribution in [-0.4, -0.2) is 18.2 Å². The SMILES string of the molecule is COc1cc(C=CC(=O)O)ccc1[O-]. The van der Waals surface area contributed by atoms with Gasteiger partial charge in [0.2, 0.25) is 0 Å². The van der Waals surface area contributed by atoms with Crippen LogP contribution >= 0.6 is 0 Å². The van der Waals surface area contributed by atoms with E-state index in [1.54, 1.807) is 0 Å². The van der Waals surface area contributed by atoms with Crippen LogP contribution in [0.15, 0.2) is 24.3 Å². The summed E-state index contributed by atoms with van der Waals surface area (Å²) in [5.74, 6) is -1.05. The molecule has 4 nitrogen and oxygen atoms in total. The van der Waals surface area contributed by atoms with Crippen molar-refractivity contribution in [1.29, 1.82) is 0 Å². The second-order valence-electron chi connectivity index (χ2n) is 2.58. The lowest BCUT2D eigenvalue weighted by Gasteiger charge is -2.11. The molecular weight excluding hydrogens is 184 g/mol. The predicted molar refractivity (Wildman–Crippen MR) is 49.1 cm³/mol. The van der Waals surface area contributed by atoms with Crippen molar-refractivity contribution < 1.29 is 19.7 Å². The van der Waals surface area contributed by atoms with E-state index in [1.807, 2.05) is 0 Å². The van der Waals surface area contributed by atoms with Crippen molar-refractivity contribution in [3.05, 3.63) is 29.8 Å². The number of hydrogen-bond acceptors (Lipinski definition) is 3. The quantitative estimate of drug-likeness (QED) is 0.723. The summed E-state index contributed by atoms with van der Waals surface area (Å²) < 4.78 is 4.80. The Labute approximate surface area is 81.1 Å². The van der Waals surface area contributed by atoms with Gasteiger partial charge in [0.25, 0.3) is 0 Å². The molecule has 0 atom stereocenters. The first-order chi connectivity index (χ1) is 6.63. The Hall–Kier alpha value is -1.97. The van der Waals surface area contributed by atoms with Crippen molar-refractivity contribution in [3.8, 4) is 11.5 Å². The van der Waals surface area contributed by atoms with E-state index in [2.05, 4.69) is 0 Å². The molecule has 0 saturated carbocycles. The van der Waals surface area contributed by atoms with Gasteiger partial charge in [0.15, 0.2) is 0 Å². The summed E-state index contributed by atoms with van der Waals surface area (Å²) in [7, 11) is 1.39. The Bertz CT molecular complexity index is 368. The standard InChI is InChI=1S/C10H10O4/c1-14-9-6-7(2-4-8(9)11)3-5-10(12)13/h2-6,11H,1H3,(H,12,13)/p-1. The first-order valence-corrected chi connectivity index (χ1v) is 3.89. The van der Waals surface area contributed by atoms with Crippen LogP contribution in [0.3, 0.4) is 0 Å². The van der Waals surface area contributed by atoms with Gasteiger partial charge in [0.1, 0.15) is 5.75 Å². The molecule has 0 fully saturated rings. The molecule has 0 saturated heterocycles. The van der Waals surface area contributed by atoms with Gasteiger partial charge in [-0.15, -0.1) is 0 Å². The maximum Gasteiger partial charge on any atom is 0.328 e. The van der Waals surface area contributed by atoms with Crippen molar-refractivity contribution in [2.75, 3.05) is 7.11 Å². The van der Waals surface area contributed by atoms with Crippen LogP contribution in [0.2, 0.25) is 0 Å². The van der Waals surface area contributed by atoms with Gasteiger partial charge in [0.05, 0.1) is 7.11 Å². The average Bonchev–Trinajstić information content (AvgIpc) is 2.16. The lowest BCUT2D eigenvalue weighted by molar-refractivity contribution is -0.270. The highest BCUT2D eigenvalue weighted by atomic mass is 16.5. The van der Waals surface area contributed by atoms with Crippen LogP contribution in [0.4, 0.5) is 0 Å². The van der Waals surface area contributed by atoms with E-state index in [0.717, 1.165) is 6.08 Å². The number of carboxylic acids is 1. The summed E-state index contributed by atoms with van der Waals surface area (Å²) in [4.78, 5) is 10.2. The van der Waals surface area contributed by atoms with E-state index in [0.29, 0.717) is 5.56 Å². The van der Waals surface area contributed by atoms with Crippen LogP contribution in [-0.2, 0) is 4.79 Å². The van der Waals surface area contributed by atoms with Gasteiger partial charge in [-0.05, 0) is 17.7 Å². The van der Waals surface area contributed by atoms with E-state index in [-0.39, 0.29) is 11.5 Å². The summed E-state index contributed by atoms with van der Waals surface area (Å²) in [6, 6.07) is 4.35. The monoisotopic (exact) mass is 193 g/mol. The number of benzene rings is 1. The molecule has 1 N–H and O–H groups in total. The molecule has 1 aromatic rings. The highest BCUT2D eigenvalue weighted by molar-refractivity contribution is 5.85. The number of aliphatic carboxylic acids is 1. The van der Waals surface area contributed by atoms with Crippen LogP contribution in [0.25, 0.3) is 6.08 Å². The fourth-order valence-corrected chi connectivity index (χ4v) is 0.955. The highest BCUT2D eigenvalue weighted by Crippen LogP contribution is 2.24. The molecule has 0 radical (unpaired) electrons. The van der Waals surface area contributed by atoms with Crippen LogP contribution in [0.5, 0.6) is 11.5 Å². The lowest BCUT2D eigenvalue weighted by Crippen LogP contribution is -1.95. The molecule has 0 aliphatic rings. The minimum atomic E-state index is -1.03. The first-order valence-electron chi connectivity index (χ1n) is 3.89. The molecule has 0 spiro atoms. The van der Waals surface area contributed by atoms with Crippen molar-refractivity contribution in [2.24, 2.45) is 0 Å². The number of carboxylic acid groups (broad SMARTS) is 1. The minimum Gasteiger partial charge on any atom is -0.870 e. The Kier molecular flexibility index (Phi) is 3.12. The van der Waals surface area contributed by atoms with E-state index in [1.165, 1.54) is 31.4 Å². The topological polar surface area (TPSA) is 69.6 Å². The lowest BCUT2D eigenvalue weighted by atomic mass is 10.2. The molecule has 1 rings (SSSR count).